The van der Waals surface area contributed by atoms with Crippen LogP contribution in [0.5, 0.6) is 17.2 Å². The van der Waals surface area contributed by atoms with E-state index in [2.05, 4.69) is 15.9 Å². The van der Waals surface area contributed by atoms with Crippen LogP contribution < -0.4 is 15.2 Å². The van der Waals surface area contributed by atoms with Gasteiger partial charge in [-0.05, 0) is 25.1 Å². The minimum Gasteiger partial charge on any atom is -0.491 e. The standard InChI is InChI=1S/C14H12BrF2NO2/c1-2-19-13-7-14(11(18)6-10(13)17)20-12-4-3-8(15)5-9(12)16/h3-7H,2,18H2,1H3. The summed E-state index contributed by atoms with van der Waals surface area (Å²) in [5, 5.41) is 0. The van der Waals surface area contributed by atoms with Gasteiger partial charge in [-0.1, -0.05) is 15.9 Å². The highest BCUT2D eigenvalue weighted by molar-refractivity contribution is 9.10. The molecular weight excluding hydrogens is 332 g/mol. The molecule has 0 aromatic heterocycles. The van der Waals surface area contributed by atoms with E-state index in [1.807, 2.05) is 0 Å². The summed E-state index contributed by atoms with van der Waals surface area (Å²) in [4.78, 5) is 0. The van der Waals surface area contributed by atoms with Gasteiger partial charge in [-0.25, -0.2) is 8.78 Å². The average molecular weight is 344 g/mol. The lowest BCUT2D eigenvalue weighted by atomic mass is 10.2. The van der Waals surface area contributed by atoms with Gasteiger partial charge in [-0.2, -0.15) is 0 Å². The molecule has 0 aliphatic rings. The Kier molecular flexibility index (Phi) is 4.44. The summed E-state index contributed by atoms with van der Waals surface area (Å²) in [5.41, 5.74) is 5.73. The van der Waals surface area contributed by atoms with Crippen LogP contribution in [-0.2, 0) is 0 Å². The predicted molar refractivity (Wildman–Crippen MR) is 76.2 cm³/mol. The number of nitrogens with two attached hydrogens (primary N) is 1. The molecule has 0 heterocycles. The van der Waals surface area contributed by atoms with Crippen molar-refractivity contribution in [2.75, 3.05) is 12.3 Å². The molecule has 2 aromatic carbocycles. The van der Waals surface area contributed by atoms with Crippen molar-refractivity contribution in [3.05, 3.63) is 46.4 Å². The van der Waals surface area contributed by atoms with Crippen molar-refractivity contribution in [3.63, 3.8) is 0 Å². The zero-order chi connectivity index (χ0) is 14.7. The number of rotatable bonds is 4. The highest BCUT2D eigenvalue weighted by Gasteiger charge is 2.13. The molecular formula is C14H12BrF2NO2. The number of nitrogen functional groups attached to an aromatic ring is 1. The molecule has 0 atom stereocenters. The monoisotopic (exact) mass is 343 g/mol. The van der Waals surface area contributed by atoms with Crippen LogP contribution in [0.4, 0.5) is 14.5 Å². The minimum absolute atomic E-state index is 0.00560. The fraction of sp³-hybridized carbons (Fsp3) is 0.143. The summed E-state index contributed by atoms with van der Waals surface area (Å²) < 4.78 is 38.3. The second-order valence-corrected chi connectivity index (χ2v) is 4.85. The molecule has 2 aromatic rings. The Morgan fingerprint density at radius 3 is 2.40 bits per heavy atom. The molecule has 0 bridgehead atoms. The third-order valence-corrected chi connectivity index (χ3v) is 2.97. The minimum atomic E-state index is -0.590. The molecule has 0 aliphatic carbocycles. The summed E-state index contributed by atoms with van der Waals surface area (Å²) in [6, 6.07) is 6.72. The first-order valence-corrected chi connectivity index (χ1v) is 6.65. The van der Waals surface area contributed by atoms with Gasteiger partial charge in [0.2, 0.25) is 0 Å². The highest BCUT2D eigenvalue weighted by atomic mass is 79.9. The molecule has 2 N–H and O–H groups in total. The zero-order valence-corrected chi connectivity index (χ0v) is 12.2. The molecule has 0 saturated carbocycles. The first-order chi connectivity index (χ1) is 9.51. The van der Waals surface area contributed by atoms with E-state index in [0.29, 0.717) is 11.1 Å². The molecule has 0 fully saturated rings. The summed E-state index contributed by atoms with van der Waals surface area (Å²) >= 11 is 3.15. The van der Waals surface area contributed by atoms with E-state index < -0.39 is 11.6 Å². The van der Waals surface area contributed by atoms with Gasteiger partial charge in [0.1, 0.15) is 0 Å². The normalized spacial score (nSPS) is 10.4. The van der Waals surface area contributed by atoms with E-state index in [-0.39, 0.29) is 22.9 Å². The Hall–Kier alpha value is -1.82. The first-order valence-electron chi connectivity index (χ1n) is 5.86. The van der Waals surface area contributed by atoms with E-state index >= 15 is 0 Å². The third kappa shape index (κ3) is 3.19. The average Bonchev–Trinajstić information content (AvgIpc) is 2.38. The van der Waals surface area contributed by atoms with Crippen LogP contribution in [-0.4, -0.2) is 6.61 Å². The molecule has 0 saturated heterocycles. The van der Waals surface area contributed by atoms with Gasteiger partial charge in [0.25, 0.3) is 0 Å². The molecule has 6 heteroatoms. The van der Waals surface area contributed by atoms with Crippen LogP contribution in [0.15, 0.2) is 34.8 Å². The second-order valence-electron chi connectivity index (χ2n) is 3.93. The smallest absolute Gasteiger partial charge is 0.167 e. The summed E-state index contributed by atoms with van der Waals surface area (Å²) in [7, 11) is 0. The SMILES string of the molecule is CCOc1cc(Oc2ccc(Br)cc2F)c(N)cc1F. The zero-order valence-electron chi connectivity index (χ0n) is 10.6. The van der Waals surface area contributed by atoms with E-state index in [4.69, 9.17) is 15.2 Å². The topological polar surface area (TPSA) is 44.5 Å². The van der Waals surface area contributed by atoms with E-state index in [9.17, 15) is 8.78 Å². The second kappa shape index (κ2) is 6.09. The van der Waals surface area contributed by atoms with Crippen LogP contribution in [0.2, 0.25) is 0 Å². The van der Waals surface area contributed by atoms with Crippen molar-refractivity contribution in [3.8, 4) is 17.2 Å². The van der Waals surface area contributed by atoms with Crippen LogP contribution in [0.1, 0.15) is 6.92 Å². The predicted octanol–water partition coefficient (Wildman–Crippen LogP) is 4.50. The Morgan fingerprint density at radius 2 is 1.75 bits per heavy atom. The Labute approximate surface area is 123 Å². The van der Waals surface area contributed by atoms with Gasteiger partial charge in [-0.3, -0.25) is 0 Å². The quantitative estimate of drug-likeness (QED) is 0.831. The molecule has 0 amide bonds. The van der Waals surface area contributed by atoms with Crippen LogP contribution in [0.25, 0.3) is 0 Å². The number of halogens is 3. The molecule has 0 aliphatic heterocycles. The van der Waals surface area contributed by atoms with Crippen molar-refractivity contribution in [2.45, 2.75) is 6.92 Å². The lowest BCUT2D eigenvalue weighted by molar-refractivity contribution is 0.319. The molecule has 3 nitrogen and oxygen atoms in total. The van der Waals surface area contributed by atoms with Gasteiger partial charge in [0.15, 0.2) is 28.9 Å². The maximum Gasteiger partial charge on any atom is 0.167 e. The Bertz CT molecular complexity index is 635. The number of benzene rings is 2. The summed E-state index contributed by atoms with van der Waals surface area (Å²) in [6.07, 6.45) is 0. The van der Waals surface area contributed by atoms with E-state index in [1.54, 1.807) is 13.0 Å². The largest absolute Gasteiger partial charge is 0.491 e. The molecule has 20 heavy (non-hydrogen) atoms. The van der Waals surface area contributed by atoms with E-state index in [1.165, 1.54) is 18.2 Å². The van der Waals surface area contributed by atoms with Crippen molar-refractivity contribution < 1.29 is 18.3 Å². The molecule has 0 radical (unpaired) electrons. The van der Waals surface area contributed by atoms with E-state index in [0.717, 1.165) is 6.07 Å². The van der Waals surface area contributed by atoms with Gasteiger partial charge in [0, 0.05) is 16.6 Å². The van der Waals surface area contributed by atoms with Crippen molar-refractivity contribution in [1.82, 2.24) is 0 Å². The van der Waals surface area contributed by atoms with Gasteiger partial charge >= 0.3 is 0 Å². The summed E-state index contributed by atoms with van der Waals surface area (Å²) in [5.74, 6) is -1.01. The fourth-order valence-electron chi connectivity index (χ4n) is 1.58. The van der Waals surface area contributed by atoms with Crippen LogP contribution >= 0.6 is 15.9 Å². The first kappa shape index (κ1) is 14.6. The molecule has 0 spiro atoms. The van der Waals surface area contributed by atoms with Gasteiger partial charge in [-0.15, -0.1) is 0 Å². The number of hydrogen-bond acceptors (Lipinski definition) is 3. The Morgan fingerprint density at radius 1 is 1.05 bits per heavy atom. The number of anilines is 1. The molecule has 2 rings (SSSR count). The Balaban J connectivity index is 2.35. The number of hydrogen-bond donors (Lipinski definition) is 1. The van der Waals surface area contributed by atoms with Crippen LogP contribution in [0.3, 0.4) is 0 Å². The van der Waals surface area contributed by atoms with Crippen molar-refractivity contribution in [2.24, 2.45) is 0 Å². The molecule has 0 unspecified atom stereocenters. The fourth-order valence-corrected chi connectivity index (χ4v) is 1.91. The van der Waals surface area contributed by atoms with Crippen LogP contribution in [0, 0.1) is 11.6 Å². The maximum atomic E-state index is 13.7. The van der Waals surface area contributed by atoms with Gasteiger partial charge < -0.3 is 15.2 Å². The number of ether oxygens (including phenoxy) is 2. The third-order valence-electron chi connectivity index (χ3n) is 2.48. The maximum absolute atomic E-state index is 13.7. The highest BCUT2D eigenvalue weighted by Crippen LogP contribution is 2.35. The lowest BCUT2D eigenvalue weighted by Crippen LogP contribution is -1.99. The lowest BCUT2D eigenvalue weighted by Gasteiger charge is -2.12. The summed E-state index contributed by atoms with van der Waals surface area (Å²) in [6.45, 7) is 2.03. The van der Waals surface area contributed by atoms with Crippen molar-refractivity contribution >= 4 is 21.6 Å². The molecule has 106 valence electrons. The van der Waals surface area contributed by atoms with Gasteiger partial charge in [0.05, 0.1) is 12.3 Å². The van der Waals surface area contributed by atoms with Crippen molar-refractivity contribution in [1.29, 1.82) is 0 Å².